The summed E-state index contributed by atoms with van der Waals surface area (Å²) in [6.07, 6.45) is 1.42. The van der Waals surface area contributed by atoms with E-state index < -0.39 is 0 Å². The summed E-state index contributed by atoms with van der Waals surface area (Å²) in [5.74, 6) is 1.08. The molecule has 2 rings (SSSR count). The van der Waals surface area contributed by atoms with E-state index in [1.165, 1.54) is 6.39 Å². The summed E-state index contributed by atoms with van der Waals surface area (Å²) in [6, 6.07) is 6.03. The van der Waals surface area contributed by atoms with Gasteiger partial charge in [-0.15, -0.1) is 11.6 Å². The van der Waals surface area contributed by atoms with Crippen molar-refractivity contribution in [2.75, 3.05) is 0 Å². The molecule has 0 aliphatic rings. The van der Waals surface area contributed by atoms with Crippen LogP contribution in [0.25, 0.3) is 11.3 Å². The summed E-state index contributed by atoms with van der Waals surface area (Å²) in [4.78, 5) is 4.06. The lowest BCUT2D eigenvalue weighted by Crippen LogP contribution is -1.85. The van der Waals surface area contributed by atoms with Crippen molar-refractivity contribution in [3.05, 3.63) is 38.3 Å². The van der Waals surface area contributed by atoms with E-state index in [-0.39, 0.29) is 0 Å². The maximum atomic E-state index is 5.78. The Bertz CT molecular complexity index is 486. The zero-order valence-corrected chi connectivity index (χ0v) is 12.0. The van der Waals surface area contributed by atoms with Gasteiger partial charge in [-0.2, -0.15) is 0 Å². The molecular formula is C10H6BrClINO. The molecule has 2 aromatic rings. The van der Waals surface area contributed by atoms with Gasteiger partial charge in [-0.1, -0.05) is 15.9 Å². The molecule has 0 atom stereocenters. The van der Waals surface area contributed by atoms with Crippen LogP contribution in [0.15, 0.2) is 33.5 Å². The quantitative estimate of drug-likeness (QED) is 0.552. The Morgan fingerprint density at radius 3 is 3.00 bits per heavy atom. The van der Waals surface area contributed by atoms with Crippen LogP contribution >= 0.6 is 50.1 Å². The van der Waals surface area contributed by atoms with Gasteiger partial charge in [0.1, 0.15) is 5.69 Å². The molecule has 0 N–H and O–H groups in total. The lowest BCUT2D eigenvalue weighted by Gasteiger charge is -2.02. The van der Waals surface area contributed by atoms with Gasteiger partial charge in [0.05, 0.1) is 5.88 Å². The first kappa shape index (κ1) is 11.4. The smallest absolute Gasteiger partial charge is 0.181 e. The zero-order valence-electron chi connectivity index (χ0n) is 7.51. The molecule has 0 spiro atoms. The number of oxazole rings is 1. The van der Waals surface area contributed by atoms with Gasteiger partial charge in [-0.05, 0) is 40.8 Å². The van der Waals surface area contributed by atoms with Gasteiger partial charge in [0, 0.05) is 13.6 Å². The highest BCUT2D eigenvalue weighted by Crippen LogP contribution is 2.32. The van der Waals surface area contributed by atoms with Crippen LogP contribution in [0.5, 0.6) is 0 Å². The van der Waals surface area contributed by atoms with Gasteiger partial charge in [-0.25, -0.2) is 4.98 Å². The first-order valence-corrected chi connectivity index (χ1v) is 6.56. The van der Waals surface area contributed by atoms with Crippen LogP contribution in [-0.4, -0.2) is 4.98 Å². The minimum absolute atomic E-state index is 0.351. The molecule has 0 bridgehead atoms. The van der Waals surface area contributed by atoms with Crippen molar-refractivity contribution in [2.24, 2.45) is 0 Å². The summed E-state index contributed by atoms with van der Waals surface area (Å²) >= 11 is 11.5. The number of halogens is 3. The van der Waals surface area contributed by atoms with Crippen LogP contribution in [0.1, 0.15) is 5.69 Å². The fraction of sp³-hybridized carbons (Fsp3) is 0.100. The number of aromatic nitrogens is 1. The molecular weight excluding hydrogens is 392 g/mol. The Labute approximate surface area is 114 Å². The second-order valence-corrected chi connectivity index (χ2v) is 5.25. The number of rotatable bonds is 2. The first-order chi connectivity index (χ1) is 7.22. The Balaban J connectivity index is 2.58. The van der Waals surface area contributed by atoms with Crippen molar-refractivity contribution in [3.8, 4) is 11.3 Å². The van der Waals surface area contributed by atoms with E-state index in [4.69, 9.17) is 16.0 Å². The van der Waals surface area contributed by atoms with Crippen LogP contribution in [-0.2, 0) is 5.88 Å². The van der Waals surface area contributed by atoms with Gasteiger partial charge in [0.2, 0.25) is 0 Å². The average Bonchev–Trinajstić information content (AvgIpc) is 2.69. The molecule has 0 aliphatic carbocycles. The summed E-state index contributed by atoms with van der Waals surface area (Å²) in [5.41, 5.74) is 1.74. The largest absolute Gasteiger partial charge is 0.443 e. The monoisotopic (exact) mass is 397 g/mol. The van der Waals surface area contributed by atoms with Gasteiger partial charge in [-0.3, -0.25) is 0 Å². The minimum atomic E-state index is 0.351. The number of alkyl halides is 1. The van der Waals surface area contributed by atoms with E-state index in [1.54, 1.807) is 0 Å². The Kier molecular flexibility index (Phi) is 3.69. The van der Waals surface area contributed by atoms with Gasteiger partial charge in [0.25, 0.3) is 0 Å². The van der Waals surface area contributed by atoms with Crippen molar-refractivity contribution in [2.45, 2.75) is 5.88 Å². The third-order valence-corrected chi connectivity index (χ3v) is 3.56. The summed E-state index contributed by atoms with van der Waals surface area (Å²) in [5, 5.41) is 0. The Morgan fingerprint density at radius 2 is 2.27 bits per heavy atom. The lowest BCUT2D eigenvalue weighted by molar-refractivity contribution is 0.571. The van der Waals surface area contributed by atoms with E-state index in [0.29, 0.717) is 5.88 Å². The van der Waals surface area contributed by atoms with Crippen LogP contribution in [0.3, 0.4) is 0 Å². The first-order valence-electron chi connectivity index (χ1n) is 4.16. The Morgan fingerprint density at radius 1 is 1.47 bits per heavy atom. The van der Waals surface area contributed by atoms with Crippen molar-refractivity contribution in [1.29, 1.82) is 0 Å². The average molecular weight is 398 g/mol. The standard InChI is InChI=1S/C10H6BrClINO/c11-8-2-1-6(13)3-7(8)10-9(4-12)14-5-15-10/h1-3,5H,4H2. The lowest BCUT2D eigenvalue weighted by atomic mass is 10.1. The Hall–Kier alpha value is -0.0700. The molecule has 1 aromatic carbocycles. The van der Waals surface area contributed by atoms with Crippen molar-refractivity contribution in [1.82, 2.24) is 4.98 Å². The number of nitrogens with zero attached hydrogens (tertiary/aromatic N) is 1. The molecule has 0 fully saturated rings. The predicted molar refractivity (Wildman–Crippen MR) is 71.9 cm³/mol. The number of hydrogen-bond acceptors (Lipinski definition) is 2. The van der Waals surface area contributed by atoms with E-state index in [9.17, 15) is 0 Å². The molecule has 0 radical (unpaired) electrons. The van der Waals surface area contributed by atoms with Crippen LogP contribution in [0.4, 0.5) is 0 Å². The number of hydrogen-bond donors (Lipinski definition) is 0. The van der Waals surface area contributed by atoms with Crippen molar-refractivity contribution >= 4 is 50.1 Å². The molecule has 0 amide bonds. The molecule has 1 aromatic heterocycles. The highest BCUT2D eigenvalue weighted by Gasteiger charge is 2.13. The highest BCUT2D eigenvalue weighted by molar-refractivity contribution is 14.1. The molecule has 0 unspecified atom stereocenters. The molecule has 0 saturated heterocycles. The van der Waals surface area contributed by atoms with Gasteiger partial charge >= 0.3 is 0 Å². The van der Waals surface area contributed by atoms with Crippen LogP contribution < -0.4 is 0 Å². The summed E-state index contributed by atoms with van der Waals surface area (Å²) in [7, 11) is 0. The minimum Gasteiger partial charge on any atom is -0.443 e. The predicted octanol–water partition coefficient (Wildman–Crippen LogP) is 4.45. The van der Waals surface area contributed by atoms with Crippen LogP contribution in [0.2, 0.25) is 0 Å². The normalized spacial score (nSPS) is 10.6. The summed E-state index contributed by atoms with van der Waals surface area (Å²) < 4.78 is 7.47. The zero-order chi connectivity index (χ0) is 10.8. The van der Waals surface area contributed by atoms with Gasteiger partial charge < -0.3 is 4.42 Å². The molecule has 1 heterocycles. The molecule has 2 nitrogen and oxygen atoms in total. The second kappa shape index (κ2) is 4.84. The highest BCUT2D eigenvalue weighted by atomic mass is 127. The maximum Gasteiger partial charge on any atom is 0.181 e. The SMILES string of the molecule is ClCc1ncoc1-c1cc(I)ccc1Br. The maximum absolute atomic E-state index is 5.78. The van der Waals surface area contributed by atoms with E-state index in [0.717, 1.165) is 25.1 Å². The third kappa shape index (κ3) is 2.37. The van der Waals surface area contributed by atoms with E-state index >= 15 is 0 Å². The molecule has 5 heteroatoms. The van der Waals surface area contributed by atoms with Crippen molar-refractivity contribution < 1.29 is 4.42 Å². The van der Waals surface area contributed by atoms with Crippen LogP contribution in [0, 0.1) is 3.57 Å². The van der Waals surface area contributed by atoms with Gasteiger partial charge in [0.15, 0.2) is 12.2 Å². The summed E-state index contributed by atoms with van der Waals surface area (Å²) in [6.45, 7) is 0. The molecule has 15 heavy (non-hydrogen) atoms. The molecule has 0 saturated carbocycles. The third-order valence-electron chi connectivity index (χ3n) is 1.94. The molecule has 78 valence electrons. The fourth-order valence-corrected chi connectivity index (χ4v) is 2.36. The topological polar surface area (TPSA) is 26.0 Å². The van der Waals surface area contributed by atoms with E-state index in [1.807, 2.05) is 18.2 Å². The van der Waals surface area contributed by atoms with E-state index in [2.05, 4.69) is 43.5 Å². The second-order valence-electron chi connectivity index (χ2n) is 2.89. The fourth-order valence-electron chi connectivity index (χ4n) is 1.25. The molecule has 0 aliphatic heterocycles. The number of benzene rings is 1. The van der Waals surface area contributed by atoms with Crippen molar-refractivity contribution in [3.63, 3.8) is 0 Å².